The molecule has 2 aromatic rings. The average Bonchev–Trinajstić information content (AvgIpc) is 3.42. The molecule has 1 fully saturated rings. The van der Waals surface area contributed by atoms with Crippen LogP contribution < -0.4 is 5.32 Å². The third-order valence-electron chi connectivity index (χ3n) is 5.25. The molecule has 2 atom stereocenters. The molecule has 9 heteroatoms. The van der Waals surface area contributed by atoms with Crippen molar-refractivity contribution in [2.75, 3.05) is 7.11 Å². The minimum Gasteiger partial charge on any atom is -0.468 e. The SMILES string of the molecule is COC(=O)Cn1nc(C)c(CNC(=O)[C@@H]2C[C@@H]2c2cccc(C(F)(F)F)c2)c1C. The van der Waals surface area contributed by atoms with Crippen molar-refractivity contribution in [2.45, 2.75) is 45.5 Å². The molecule has 1 saturated carbocycles. The molecule has 1 amide bonds. The van der Waals surface area contributed by atoms with E-state index in [9.17, 15) is 22.8 Å². The number of ether oxygens (including phenoxy) is 1. The van der Waals surface area contributed by atoms with Gasteiger partial charge in [0.2, 0.25) is 5.91 Å². The molecule has 0 aliphatic heterocycles. The number of benzene rings is 1. The number of alkyl halides is 3. The molecule has 0 spiro atoms. The maximum absolute atomic E-state index is 12.9. The fraction of sp³-hybridized carbons (Fsp3) is 0.450. The highest BCUT2D eigenvalue weighted by atomic mass is 19.4. The lowest BCUT2D eigenvalue weighted by molar-refractivity contribution is -0.141. The second-order valence-corrected chi connectivity index (χ2v) is 7.17. The zero-order valence-corrected chi connectivity index (χ0v) is 16.3. The molecule has 0 saturated heterocycles. The summed E-state index contributed by atoms with van der Waals surface area (Å²) in [4.78, 5) is 23.9. The van der Waals surface area contributed by atoms with Gasteiger partial charge >= 0.3 is 12.1 Å². The second kappa shape index (κ2) is 7.88. The Bertz CT molecular complexity index is 937. The molecule has 1 aliphatic carbocycles. The molecule has 3 rings (SSSR count). The molecule has 29 heavy (non-hydrogen) atoms. The fourth-order valence-corrected chi connectivity index (χ4v) is 3.44. The highest BCUT2D eigenvalue weighted by molar-refractivity contribution is 5.83. The number of halogens is 3. The van der Waals surface area contributed by atoms with Crippen LogP contribution in [0.1, 0.15) is 40.4 Å². The molecule has 156 valence electrons. The van der Waals surface area contributed by atoms with E-state index in [0.29, 0.717) is 17.7 Å². The van der Waals surface area contributed by atoms with Crippen molar-refractivity contribution in [3.63, 3.8) is 0 Å². The Morgan fingerprint density at radius 2 is 2.03 bits per heavy atom. The van der Waals surface area contributed by atoms with Crippen LogP contribution in [0.25, 0.3) is 0 Å². The van der Waals surface area contributed by atoms with E-state index in [1.807, 2.05) is 0 Å². The lowest BCUT2D eigenvalue weighted by atomic mass is 10.1. The van der Waals surface area contributed by atoms with E-state index < -0.39 is 17.7 Å². The Labute approximate surface area is 166 Å². The number of carbonyl (C=O) groups is 2. The van der Waals surface area contributed by atoms with Gasteiger partial charge in [0.25, 0.3) is 0 Å². The summed E-state index contributed by atoms with van der Waals surface area (Å²) in [7, 11) is 1.30. The standard InChI is InChI=1S/C20H22F3N3O3/c1-11-17(12(2)26(25-11)10-18(27)29-3)9-24-19(28)16-8-15(16)13-5-4-6-14(7-13)20(21,22)23/h4-7,15-16H,8-10H2,1-3H3,(H,24,28)/t15-,16-/m1/s1. The number of carbonyl (C=O) groups excluding carboxylic acids is 2. The Morgan fingerprint density at radius 3 is 2.69 bits per heavy atom. The van der Waals surface area contributed by atoms with E-state index in [0.717, 1.165) is 23.4 Å². The normalized spacial score (nSPS) is 18.4. The summed E-state index contributed by atoms with van der Waals surface area (Å²) in [5, 5.41) is 7.13. The fourth-order valence-electron chi connectivity index (χ4n) is 3.44. The number of methoxy groups -OCH3 is 1. The summed E-state index contributed by atoms with van der Waals surface area (Å²) in [5.41, 5.74) is 2.07. The Kier molecular flexibility index (Phi) is 5.68. The first-order chi connectivity index (χ1) is 13.6. The van der Waals surface area contributed by atoms with Crippen molar-refractivity contribution in [3.05, 3.63) is 52.3 Å². The van der Waals surface area contributed by atoms with Gasteiger partial charge in [-0.2, -0.15) is 18.3 Å². The highest BCUT2D eigenvalue weighted by Crippen LogP contribution is 2.48. The van der Waals surface area contributed by atoms with Crippen molar-refractivity contribution >= 4 is 11.9 Å². The average molecular weight is 409 g/mol. The summed E-state index contributed by atoms with van der Waals surface area (Å²) in [6.45, 7) is 3.80. The maximum Gasteiger partial charge on any atom is 0.416 e. The predicted molar refractivity (Wildman–Crippen MR) is 97.9 cm³/mol. The lowest BCUT2D eigenvalue weighted by Crippen LogP contribution is -2.25. The molecule has 1 heterocycles. The molecule has 1 aliphatic rings. The smallest absolute Gasteiger partial charge is 0.416 e. The Hall–Kier alpha value is -2.84. The minimum atomic E-state index is -4.40. The molecule has 0 unspecified atom stereocenters. The van der Waals surface area contributed by atoms with Crippen LogP contribution in [0, 0.1) is 19.8 Å². The van der Waals surface area contributed by atoms with Gasteiger partial charge in [0.05, 0.1) is 18.4 Å². The number of hydrogen-bond donors (Lipinski definition) is 1. The molecule has 0 radical (unpaired) electrons. The van der Waals surface area contributed by atoms with E-state index in [1.54, 1.807) is 19.9 Å². The van der Waals surface area contributed by atoms with E-state index >= 15 is 0 Å². The predicted octanol–water partition coefficient (Wildman–Crippen LogP) is 3.11. The van der Waals surface area contributed by atoms with Crippen LogP contribution >= 0.6 is 0 Å². The number of aromatic nitrogens is 2. The van der Waals surface area contributed by atoms with Crippen molar-refractivity contribution in [1.82, 2.24) is 15.1 Å². The van der Waals surface area contributed by atoms with Crippen molar-refractivity contribution in [2.24, 2.45) is 5.92 Å². The number of nitrogens with zero attached hydrogens (tertiary/aromatic N) is 2. The molecular formula is C20H22F3N3O3. The number of amides is 1. The van der Waals surface area contributed by atoms with Gasteiger partial charge in [-0.3, -0.25) is 14.3 Å². The summed E-state index contributed by atoms with van der Waals surface area (Å²) in [6, 6.07) is 5.13. The van der Waals surface area contributed by atoms with E-state index in [-0.39, 0.29) is 30.8 Å². The molecule has 6 nitrogen and oxygen atoms in total. The number of hydrogen-bond acceptors (Lipinski definition) is 4. The minimum absolute atomic E-state index is 0.0165. The molecular weight excluding hydrogens is 387 g/mol. The van der Waals surface area contributed by atoms with Crippen molar-refractivity contribution in [1.29, 1.82) is 0 Å². The van der Waals surface area contributed by atoms with Crippen LogP contribution in [0.5, 0.6) is 0 Å². The van der Waals surface area contributed by atoms with Gasteiger partial charge in [-0.05, 0) is 37.8 Å². The van der Waals surface area contributed by atoms with Crippen molar-refractivity contribution < 1.29 is 27.5 Å². The van der Waals surface area contributed by atoms with Crippen LogP contribution in [0.3, 0.4) is 0 Å². The van der Waals surface area contributed by atoms with Crippen LogP contribution in [0.4, 0.5) is 13.2 Å². The molecule has 0 bridgehead atoms. The molecule has 1 aromatic heterocycles. The van der Waals surface area contributed by atoms with Gasteiger partial charge in [0.1, 0.15) is 6.54 Å². The Balaban J connectivity index is 1.61. The summed E-state index contributed by atoms with van der Waals surface area (Å²) >= 11 is 0. The van der Waals surface area contributed by atoms with Gasteiger partial charge in [-0.1, -0.05) is 18.2 Å². The van der Waals surface area contributed by atoms with Gasteiger partial charge in [-0.15, -0.1) is 0 Å². The van der Waals surface area contributed by atoms with Gasteiger partial charge < -0.3 is 10.1 Å². The van der Waals surface area contributed by atoms with E-state index in [2.05, 4.69) is 15.2 Å². The first-order valence-corrected chi connectivity index (χ1v) is 9.16. The number of aryl methyl sites for hydroxylation is 1. The highest BCUT2D eigenvalue weighted by Gasteiger charge is 2.44. The summed E-state index contributed by atoms with van der Waals surface area (Å²) < 4.78 is 44.8. The number of esters is 1. The van der Waals surface area contributed by atoms with Crippen LogP contribution in [0.2, 0.25) is 0 Å². The van der Waals surface area contributed by atoms with E-state index in [4.69, 9.17) is 0 Å². The van der Waals surface area contributed by atoms with Gasteiger partial charge in [0, 0.05) is 23.7 Å². The Morgan fingerprint density at radius 1 is 1.31 bits per heavy atom. The van der Waals surface area contributed by atoms with E-state index in [1.165, 1.54) is 17.9 Å². The monoisotopic (exact) mass is 409 g/mol. The van der Waals surface area contributed by atoms with Gasteiger partial charge in [-0.25, -0.2) is 0 Å². The zero-order chi connectivity index (χ0) is 21.3. The van der Waals surface area contributed by atoms with Crippen LogP contribution in [-0.2, 0) is 33.6 Å². The topological polar surface area (TPSA) is 73.2 Å². The van der Waals surface area contributed by atoms with Gasteiger partial charge in [0.15, 0.2) is 0 Å². The molecule has 1 N–H and O–H groups in total. The number of nitrogens with one attached hydrogen (secondary N) is 1. The summed E-state index contributed by atoms with van der Waals surface area (Å²) in [6.07, 6.45) is -3.88. The number of rotatable bonds is 6. The summed E-state index contributed by atoms with van der Waals surface area (Å²) in [5.74, 6) is -1.18. The molecule has 1 aromatic carbocycles. The third kappa shape index (κ3) is 4.60. The van der Waals surface area contributed by atoms with Crippen LogP contribution in [0.15, 0.2) is 24.3 Å². The first kappa shape index (κ1) is 20.9. The first-order valence-electron chi connectivity index (χ1n) is 9.16. The van der Waals surface area contributed by atoms with Crippen molar-refractivity contribution in [3.8, 4) is 0 Å². The quantitative estimate of drug-likeness (QED) is 0.744. The maximum atomic E-state index is 12.9. The third-order valence-corrected chi connectivity index (χ3v) is 5.25. The van der Waals surface area contributed by atoms with Crippen LogP contribution in [-0.4, -0.2) is 28.8 Å². The second-order valence-electron chi connectivity index (χ2n) is 7.17. The largest absolute Gasteiger partial charge is 0.468 e. The lowest BCUT2D eigenvalue weighted by Gasteiger charge is -2.09. The zero-order valence-electron chi connectivity index (χ0n) is 16.3.